The molecule has 1 aliphatic carbocycles. The molecule has 3 atom stereocenters. The molecular weight excluding hydrogens is 272 g/mol. The van der Waals surface area contributed by atoms with Crippen LogP contribution >= 0.6 is 0 Å². The fourth-order valence-corrected chi connectivity index (χ4v) is 2.72. The lowest BCUT2D eigenvalue weighted by Gasteiger charge is -2.57. The molecule has 0 aromatic carbocycles. The lowest BCUT2D eigenvalue weighted by molar-refractivity contribution is -0.172. The first kappa shape index (κ1) is 17.9. The van der Waals surface area contributed by atoms with Crippen LogP contribution in [0.5, 0.6) is 0 Å². The second kappa shape index (κ2) is 6.32. The highest BCUT2D eigenvalue weighted by molar-refractivity contribution is 5.92. The standard InChI is InChI=1S/C15H28N2O4/c1-7-21-10-8-15(16,14(10,4)5)13(19)17-11(9(2)3)12(18)20-6/h9-11H,7-8,16H2,1-6H3,(H,17,19)/t10?,11-,15?/m0/s1. The van der Waals surface area contributed by atoms with Crippen molar-refractivity contribution in [3.05, 3.63) is 0 Å². The van der Waals surface area contributed by atoms with Crippen LogP contribution < -0.4 is 11.1 Å². The number of methoxy groups -OCH3 is 1. The molecule has 0 aromatic heterocycles. The maximum Gasteiger partial charge on any atom is 0.328 e. The maximum absolute atomic E-state index is 12.5. The van der Waals surface area contributed by atoms with E-state index in [4.69, 9.17) is 15.2 Å². The van der Waals surface area contributed by atoms with Crippen molar-refractivity contribution < 1.29 is 19.1 Å². The van der Waals surface area contributed by atoms with Crippen LogP contribution in [0.3, 0.4) is 0 Å². The van der Waals surface area contributed by atoms with E-state index in [-0.39, 0.29) is 17.9 Å². The van der Waals surface area contributed by atoms with Crippen LogP contribution in [0.15, 0.2) is 0 Å². The lowest BCUT2D eigenvalue weighted by Crippen LogP contribution is -2.76. The normalized spacial score (nSPS) is 28.7. The molecule has 0 aromatic rings. The van der Waals surface area contributed by atoms with Gasteiger partial charge >= 0.3 is 5.97 Å². The third-order valence-electron chi connectivity index (χ3n) is 4.64. The Morgan fingerprint density at radius 1 is 1.38 bits per heavy atom. The zero-order valence-electron chi connectivity index (χ0n) is 13.9. The van der Waals surface area contributed by atoms with Gasteiger partial charge in [-0.25, -0.2) is 4.79 Å². The molecule has 0 heterocycles. The van der Waals surface area contributed by atoms with Crippen molar-refractivity contribution in [3.8, 4) is 0 Å². The topological polar surface area (TPSA) is 90.6 Å². The summed E-state index contributed by atoms with van der Waals surface area (Å²) in [6.45, 7) is 10.0. The summed E-state index contributed by atoms with van der Waals surface area (Å²) in [7, 11) is 1.31. The van der Waals surface area contributed by atoms with E-state index in [0.29, 0.717) is 13.0 Å². The molecule has 1 fully saturated rings. The van der Waals surface area contributed by atoms with Gasteiger partial charge < -0.3 is 20.5 Å². The second-order valence-electron chi connectivity index (χ2n) is 6.56. The minimum absolute atomic E-state index is 0.0473. The second-order valence-corrected chi connectivity index (χ2v) is 6.56. The Morgan fingerprint density at radius 2 is 1.95 bits per heavy atom. The van der Waals surface area contributed by atoms with Gasteiger partial charge in [-0.3, -0.25) is 4.79 Å². The molecule has 0 radical (unpaired) electrons. The van der Waals surface area contributed by atoms with Crippen molar-refractivity contribution >= 4 is 11.9 Å². The Labute approximate surface area is 126 Å². The molecule has 0 saturated heterocycles. The molecule has 3 N–H and O–H groups in total. The van der Waals surface area contributed by atoms with Crippen molar-refractivity contribution in [1.82, 2.24) is 5.32 Å². The van der Waals surface area contributed by atoms with Crippen LogP contribution in [-0.2, 0) is 19.1 Å². The number of ether oxygens (including phenoxy) is 2. The number of nitrogens with one attached hydrogen (secondary N) is 1. The minimum Gasteiger partial charge on any atom is -0.467 e. The highest BCUT2D eigenvalue weighted by atomic mass is 16.5. The number of carbonyl (C=O) groups excluding carboxylic acids is 2. The molecule has 1 amide bonds. The van der Waals surface area contributed by atoms with E-state index in [1.807, 2.05) is 34.6 Å². The summed E-state index contributed by atoms with van der Waals surface area (Å²) in [5, 5.41) is 2.73. The Hall–Kier alpha value is -1.14. The van der Waals surface area contributed by atoms with Gasteiger partial charge in [0.15, 0.2) is 0 Å². The van der Waals surface area contributed by atoms with Crippen LogP contribution in [0.25, 0.3) is 0 Å². The molecule has 1 aliphatic rings. The largest absolute Gasteiger partial charge is 0.467 e. The summed E-state index contributed by atoms with van der Waals surface area (Å²) in [5.74, 6) is -0.858. The number of amides is 1. The monoisotopic (exact) mass is 300 g/mol. The fraction of sp³-hybridized carbons (Fsp3) is 0.867. The molecule has 6 heteroatoms. The number of hydrogen-bond donors (Lipinski definition) is 2. The van der Waals surface area contributed by atoms with Crippen LogP contribution in [0.2, 0.25) is 0 Å². The summed E-state index contributed by atoms with van der Waals surface area (Å²) in [5.41, 5.74) is 4.78. The highest BCUT2D eigenvalue weighted by Crippen LogP contribution is 2.49. The van der Waals surface area contributed by atoms with Gasteiger partial charge in [-0.05, 0) is 12.8 Å². The first-order valence-electron chi connectivity index (χ1n) is 7.41. The summed E-state index contributed by atoms with van der Waals surface area (Å²) in [6.07, 6.45) is 0.403. The van der Waals surface area contributed by atoms with E-state index in [2.05, 4.69) is 5.32 Å². The molecule has 122 valence electrons. The predicted molar refractivity (Wildman–Crippen MR) is 79.5 cm³/mol. The van der Waals surface area contributed by atoms with Gasteiger partial charge in [0.2, 0.25) is 5.91 Å². The Morgan fingerprint density at radius 3 is 2.33 bits per heavy atom. The van der Waals surface area contributed by atoms with Crippen LogP contribution in [0.1, 0.15) is 41.0 Å². The van der Waals surface area contributed by atoms with E-state index in [0.717, 1.165) is 0 Å². The summed E-state index contributed by atoms with van der Waals surface area (Å²) < 4.78 is 10.3. The summed E-state index contributed by atoms with van der Waals surface area (Å²) in [4.78, 5) is 24.3. The van der Waals surface area contributed by atoms with Gasteiger partial charge in [-0.15, -0.1) is 0 Å². The number of carbonyl (C=O) groups is 2. The molecule has 0 bridgehead atoms. The van der Waals surface area contributed by atoms with Gasteiger partial charge in [0.05, 0.1) is 13.2 Å². The average molecular weight is 300 g/mol. The van der Waals surface area contributed by atoms with Gasteiger partial charge in [0, 0.05) is 18.4 Å². The van der Waals surface area contributed by atoms with Crippen LogP contribution in [0.4, 0.5) is 0 Å². The Balaban J connectivity index is 2.82. The van der Waals surface area contributed by atoms with Gasteiger partial charge in [0.25, 0.3) is 0 Å². The SMILES string of the molecule is CCOC1CC(N)(C(=O)N[C@H](C(=O)OC)C(C)C)C1(C)C. The number of hydrogen-bond acceptors (Lipinski definition) is 5. The maximum atomic E-state index is 12.5. The van der Waals surface area contributed by atoms with E-state index < -0.39 is 23.0 Å². The molecule has 1 saturated carbocycles. The van der Waals surface area contributed by atoms with Crippen molar-refractivity contribution in [2.45, 2.75) is 58.7 Å². The predicted octanol–water partition coefficient (Wildman–Crippen LogP) is 0.833. The molecule has 0 spiro atoms. The molecule has 0 aliphatic heterocycles. The number of nitrogens with two attached hydrogens (primary N) is 1. The molecule has 1 rings (SSSR count). The third kappa shape index (κ3) is 3.06. The first-order valence-corrected chi connectivity index (χ1v) is 7.41. The van der Waals surface area contributed by atoms with Crippen molar-refractivity contribution in [2.24, 2.45) is 17.1 Å². The van der Waals surface area contributed by atoms with Crippen LogP contribution in [0, 0.1) is 11.3 Å². The zero-order valence-corrected chi connectivity index (χ0v) is 13.9. The molecule has 6 nitrogen and oxygen atoms in total. The number of esters is 1. The number of rotatable bonds is 6. The van der Waals surface area contributed by atoms with Gasteiger partial charge in [-0.1, -0.05) is 27.7 Å². The van der Waals surface area contributed by atoms with Crippen molar-refractivity contribution in [3.63, 3.8) is 0 Å². The van der Waals surface area contributed by atoms with Crippen LogP contribution in [-0.4, -0.2) is 43.3 Å². The Bertz CT molecular complexity index is 408. The van der Waals surface area contributed by atoms with Gasteiger partial charge in [-0.2, -0.15) is 0 Å². The van der Waals surface area contributed by atoms with Crippen molar-refractivity contribution in [1.29, 1.82) is 0 Å². The highest BCUT2D eigenvalue weighted by Gasteiger charge is 2.63. The molecular formula is C15H28N2O4. The first-order chi connectivity index (χ1) is 9.61. The van der Waals surface area contributed by atoms with Crippen molar-refractivity contribution in [2.75, 3.05) is 13.7 Å². The smallest absolute Gasteiger partial charge is 0.328 e. The molecule has 21 heavy (non-hydrogen) atoms. The summed E-state index contributed by atoms with van der Waals surface area (Å²) in [6, 6.07) is -0.690. The average Bonchev–Trinajstić information content (AvgIpc) is 2.42. The molecule has 2 unspecified atom stereocenters. The third-order valence-corrected chi connectivity index (χ3v) is 4.64. The zero-order chi connectivity index (χ0) is 16.4. The van der Waals surface area contributed by atoms with E-state index in [1.54, 1.807) is 0 Å². The summed E-state index contributed by atoms with van der Waals surface area (Å²) >= 11 is 0. The minimum atomic E-state index is -1.03. The Kier molecular flexibility index (Phi) is 5.39. The van der Waals surface area contributed by atoms with E-state index in [1.165, 1.54) is 7.11 Å². The van der Waals surface area contributed by atoms with Gasteiger partial charge in [0.1, 0.15) is 11.6 Å². The fourth-order valence-electron chi connectivity index (χ4n) is 2.72. The van der Waals surface area contributed by atoms with E-state index in [9.17, 15) is 9.59 Å². The quantitative estimate of drug-likeness (QED) is 0.709. The van der Waals surface area contributed by atoms with E-state index >= 15 is 0 Å². The lowest BCUT2D eigenvalue weighted by atomic mass is 9.54.